The van der Waals surface area contributed by atoms with Crippen LogP contribution < -0.4 is 11.1 Å². The van der Waals surface area contributed by atoms with Crippen molar-refractivity contribution in [1.29, 1.82) is 0 Å². The van der Waals surface area contributed by atoms with Crippen molar-refractivity contribution >= 4 is 23.5 Å². The van der Waals surface area contributed by atoms with Crippen LogP contribution in [-0.2, 0) is 25.7 Å². The van der Waals surface area contributed by atoms with E-state index in [1.807, 2.05) is 0 Å². The topological polar surface area (TPSA) is 137 Å². The molecule has 0 saturated carbocycles. The molecule has 1 heterocycles. The lowest BCUT2D eigenvalue weighted by molar-refractivity contribution is -0.147. The number of nitrogens with two attached hydrogens (primary N) is 1. The number of carbonyl (C=O) groups excluding carboxylic acids is 2. The Hall–Kier alpha value is -2.42. The fourth-order valence-corrected chi connectivity index (χ4v) is 1.21. The Balaban J connectivity index is 2.59. The molecule has 104 valence electrons. The van der Waals surface area contributed by atoms with E-state index in [0.717, 1.165) is 4.68 Å². The molecule has 0 aliphatic rings. The monoisotopic (exact) mass is 270 g/mol. The number of aromatic nitrogens is 2. The second kappa shape index (κ2) is 6.50. The lowest BCUT2D eigenvalue weighted by Crippen LogP contribution is -2.43. The van der Waals surface area contributed by atoms with Crippen LogP contribution in [0, 0.1) is 0 Å². The molecule has 9 nitrogen and oxygen atoms in total. The average molecular weight is 270 g/mol. The quantitative estimate of drug-likeness (QED) is 0.436. The molecule has 0 aliphatic heterocycles. The lowest BCUT2D eigenvalue weighted by atomic mass is 10.3. The summed E-state index contributed by atoms with van der Waals surface area (Å²) in [6, 6.07) is -1.44. The number of hydrogen-bond acceptors (Lipinski definition) is 6. The molecule has 19 heavy (non-hydrogen) atoms. The Morgan fingerprint density at radius 3 is 2.84 bits per heavy atom. The molecular weight excluding hydrogens is 256 g/mol. The smallest absolute Gasteiger partial charge is 0.332 e. The number of carbonyl (C=O) groups is 3. The SMILES string of the molecule is CCOC(=O)C(N)C(=O)Nc1cnn(CC(=O)O)c1. The molecule has 0 saturated heterocycles. The molecule has 0 aromatic carbocycles. The zero-order valence-corrected chi connectivity index (χ0v) is 10.2. The molecule has 1 amide bonds. The molecule has 0 spiro atoms. The van der Waals surface area contributed by atoms with E-state index < -0.39 is 23.9 Å². The van der Waals surface area contributed by atoms with Gasteiger partial charge in [0.2, 0.25) is 0 Å². The van der Waals surface area contributed by atoms with Crippen LogP contribution in [0.15, 0.2) is 12.4 Å². The van der Waals surface area contributed by atoms with E-state index in [2.05, 4.69) is 15.2 Å². The van der Waals surface area contributed by atoms with E-state index in [4.69, 9.17) is 10.8 Å². The van der Waals surface area contributed by atoms with Crippen molar-refractivity contribution < 1.29 is 24.2 Å². The number of carboxylic acids is 1. The Labute approximate surface area is 108 Å². The van der Waals surface area contributed by atoms with Crippen LogP contribution in [0.25, 0.3) is 0 Å². The Morgan fingerprint density at radius 1 is 1.58 bits per heavy atom. The van der Waals surface area contributed by atoms with Crippen LogP contribution >= 0.6 is 0 Å². The van der Waals surface area contributed by atoms with Crippen LogP contribution in [0.3, 0.4) is 0 Å². The number of anilines is 1. The number of hydrogen-bond donors (Lipinski definition) is 3. The van der Waals surface area contributed by atoms with Gasteiger partial charge in [0.25, 0.3) is 5.91 Å². The Morgan fingerprint density at radius 2 is 2.26 bits per heavy atom. The van der Waals surface area contributed by atoms with Gasteiger partial charge in [0, 0.05) is 6.20 Å². The summed E-state index contributed by atoms with van der Waals surface area (Å²) >= 11 is 0. The first-order valence-corrected chi connectivity index (χ1v) is 5.41. The summed E-state index contributed by atoms with van der Waals surface area (Å²) in [5.74, 6) is -2.66. The lowest BCUT2D eigenvalue weighted by Gasteiger charge is -2.09. The van der Waals surface area contributed by atoms with Gasteiger partial charge in [-0.2, -0.15) is 5.10 Å². The first-order valence-electron chi connectivity index (χ1n) is 5.41. The van der Waals surface area contributed by atoms with Crippen LogP contribution in [-0.4, -0.2) is 45.4 Å². The molecule has 9 heteroatoms. The van der Waals surface area contributed by atoms with E-state index >= 15 is 0 Å². The second-order valence-corrected chi connectivity index (χ2v) is 3.54. The van der Waals surface area contributed by atoms with Crippen molar-refractivity contribution in [3.63, 3.8) is 0 Å². The number of esters is 1. The minimum absolute atomic E-state index is 0.121. The largest absolute Gasteiger partial charge is 0.480 e. The number of aliphatic carboxylic acids is 1. The molecule has 0 radical (unpaired) electrons. The van der Waals surface area contributed by atoms with E-state index in [1.54, 1.807) is 6.92 Å². The number of ether oxygens (including phenoxy) is 1. The van der Waals surface area contributed by atoms with Crippen LogP contribution in [0.4, 0.5) is 5.69 Å². The summed E-state index contributed by atoms with van der Waals surface area (Å²) < 4.78 is 5.72. The summed E-state index contributed by atoms with van der Waals surface area (Å²) in [5, 5.41) is 14.6. The van der Waals surface area contributed by atoms with Gasteiger partial charge >= 0.3 is 11.9 Å². The molecule has 1 aromatic heterocycles. The van der Waals surface area contributed by atoms with Crippen molar-refractivity contribution in [3.8, 4) is 0 Å². The summed E-state index contributed by atoms with van der Waals surface area (Å²) in [6.07, 6.45) is 2.56. The van der Waals surface area contributed by atoms with Gasteiger partial charge < -0.3 is 20.9 Å². The number of nitrogens with zero attached hydrogens (tertiary/aromatic N) is 2. The number of amides is 1. The highest BCUT2D eigenvalue weighted by Gasteiger charge is 2.23. The Bertz CT molecular complexity index is 484. The first-order chi connectivity index (χ1) is 8.93. The van der Waals surface area contributed by atoms with E-state index in [0.29, 0.717) is 0 Å². The van der Waals surface area contributed by atoms with E-state index in [9.17, 15) is 14.4 Å². The summed E-state index contributed by atoms with van der Waals surface area (Å²) in [7, 11) is 0. The normalized spacial score (nSPS) is 11.7. The number of carboxylic acid groups (broad SMARTS) is 1. The van der Waals surface area contributed by atoms with Crippen LogP contribution in [0.2, 0.25) is 0 Å². The molecule has 0 bridgehead atoms. The molecule has 1 aromatic rings. The average Bonchev–Trinajstić information content (AvgIpc) is 2.74. The van der Waals surface area contributed by atoms with E-state index in [1.165, 1.54) is 12.4 Å². The molecule has 4 N–H and O–H groups in total. The minimum atomic E-state index is -1.44. The molecule has 0 aliphatic carbocycles. The van der Waals surface area contributed by atoms with Gasteiger partial charge in [-0.25, -0.2) is 4.79 Å². The maximum atomic E-state index is 11.6. The van der Waals surface area contributed by atoms with Crippen molar-refractivity contribution in [3.05, 3.63) is 12.4 Å². The second-order valence-electron chi connectivity index (χ2n) is 3.54. The van der Waals surface area contributed by atoms with E-state index in [-0.39, 0.29) is 18.8 Å². The van der Waals surface area contributed by atoms with Crippen molar-refractivity contribution in [2.45, 2.75) is 19.5 Å². The summed E-state index contributed by atoms with van der Waals surface area (Å²) in [5.41, 5.74) is 5.62. The van der Waals surface area contributed by atoms with Gasteiger partial charge in [0.05, 0.1) is 18.5 Å². The molecule has 0 fully saturated rings. The maximum absolute atomic E-state index is 11.6. The van der Waals surface area contributed by atoms with Gasteiger partial charge in [-0.1, -0.05) is 0 Å². The minimum Gasteiger partial charge on any atom is -0.480 e. The molecule has 1 atom stereocenters. The highest BCUT2D eigenvalue weighted by atomic mass is 16.5. The zero-order chi connectivity index (χ0) is 14.4. The Kier molecular flexibility index (Phi) is 5.01. The standard InChI is InChI=1S/C10H14N4O5/c1-2-19-10(18)8(11)9(17)13-6-3-12-14(4-6)5-7(15)16/h3-4,8H,2,5,11H2,1H3,(H,13,17)(H,15,16). The third-order valence-electron chi connectivity index (χ3n) is 2.02. The van der Waals surface area contributed by atoms with Gasteiger partial charge in [0.1, 0.15) is 6.54 Å². The van der Waals surface area contributed by atoms with Crippen LogP contribution in [0.1, 0.15) is 6.92 Å². The maximum Gasteiger partial charge on any atom is 0.332 e. The van der Waals surface area contributed by atoms with Gasteiger partial charge in [0.15, 0.2) is 6.04 Å². The zero-order valence-electron chi connectivity index (χ0n) is 10.2. The predicted octanol–water partition coefficient (Wildman–Crippen LogP) is -1.20. The fraction of sp³-hybridized carbons (Fsp3) is 0.400. The molecule has 1 rings (SSSR count). The van der Waals surface area contributed by atoms with Crippen molar-refractivity contribution in [1.82, 2.24) is 9.78 Å². The number of rotatable bonds is 6. The third kappa shape index (κ3) is 4.39. The number of nitrogens with one attached hydrogen (secondary N) is 1. The fourth-order valence-electron chi connectivity index (χ4n) is 1.21. The molecule has 1 unspecified atom stereocenters. The van der Waals surface area contributed by atoms with Gasteiger partial charge in [-0.05, 0) is 6.92 Å². The summed E-state index contributed by atoms with van der Waals surface area (Å²) in [4.78, 5) is 33.2. The predicted molar refractivity (Wildman–Crippen MR) is 63.1 cm³/mol. The highest BCUT2D eigenvalue weighted by molar-refractivity contribution is 6.08. The molecular formula is C10H14N4O5. The van der Waals surface area contributed by atoms with Crippen LogP contribution in [0.5, 0.6) is 0 Å². The highest BCUT2D eigenvalue weighted by Crippen LogP contribution is 2.05. The summed E-state index contributed by atoms with van der Waals surface area (Å²) in [6.45, 7) is 1.38. The van der Waals surface area contributed by atoms with Crippen molar-refractivity contribution in [2.24, 2.45) is 5.73 Å². The van der Waals surface area contributed by atoms with Gasteiger partial charge in [-0.3, -0.25) is 14.3 Å². The third-order valence-corrected chi connectivity index (χ3v) is 2.02. The van der Waals surface area contributed by atoms with Gasteiger partial charge in [-0.15, -0.1) is 0 Å². The first kappa shape index (κ1) is 14.6. The van der Waals surface area contributed by atoms with Crippen molar-refractivity contribution in [2.75, 3.05) is 11.9 Å².